The second kappa shape index (κ2) is 4.05. The van der Waals surface area contributed by atoms with Gasteiger partial charge in [-0.15, -0.1) is 6.42 Å². The zero-order valence-corrected chi connectivity index (χ0v) is 7.84. The van der Waals surface area contributed by atoms with Gasteiger partial charge in [0.05, 0.1) is 6.54 Å². The highest BCUT2D eigenvalue weighted by Gasteiger charge is 2.20. The quantitative estimate of drug-likeness (QED) is 0.722. The number of rotatable bonds is 3. The summed E-state index contributed by atoms with van der Waals surface area (Å²) >= 11 is 0. The first-order valence-electron chi connectivity index (χ1n) is 4.67. The molecular formula is C12H11NO. The molecule has 1 aromatic rings. The fraction of sp³-hybridized carbons (Fsp3) is 0.333. The van der Waals surface area contributed by atoms with Crippen LogP contribution in [0.5, 0.6) is 0 Å². The molecule has 1 aliphatic carbocycles. The van der Waals surface area contributed by atoms with Crippen molar-refractivity contribution in [1.29, 1.82) is 0 Å². The average Bonchev–Trinajstić information content (AvgIpc) is 2.92. The lowest BCUT2D eigenvalue weighted by Gasteiger charge is -1.96. The van der Waals surface area contributed by atoms with Crippen molar-refractivity contribution in [3.63, 3.8) is 0 Å². The van der Waals surface area contributed by atoms with E-state index in [1.54, 1.807) is 0 Å². The van der Waals surface area contributed by atoms with Crippen LogP contribution in [0.25, 0.3) is 0 Å². The van der Waals surface area contributed by atoms with Crippen molar-refractivity contribution in [2.75, 3.05) is 0 Å². The maximum atomic E-state index is 5.43. The molecule has 0 saturated heterocycles. The molecule has 1 N–H and O–H groups in total. The molecule has 0 unspecified atom stereocenters. The molecule has 2 nitrogen and oxygen atoms in total. The SMILES string of the molecule is C#CC#Cc1ccc(CNC2CC2)o1. The fourth-order valence-electron chi connectivity index (χ4n) is 1.17. The molecule has 70 valence electrons. The Morgan fingerprint density at radius 1 is 1.50 bits per heavy atom. The molecule has 2 heteroatoms. The van der Waals surface area contributed by atoms with Crippen molar-refractivity contribution in [3.8, 4) is 24.2 Å². The highest BCUT2D eigenvalue weighted by molar-refractivity contribution is 5.33. The average molecular weight is 185 g/mol. The van der Waals surface area contributed by atoms with Crippen LogP contribution in [0.2, 0.25) is 0 Å². The monoisotopic (exact) mass is 185 g/mol. The molecule has 2 rings (SSSR count). The standard InChI is InChI=1S/C12H11NO/c1-2-3-4-11-7-8-12(14-11)9-13-10-5-6-10/h1,7-8,10,13H,5-6,9H2. The summed E-state index contributed by atoms with van der Waals surface area (Å²) < 4.78 is 5.43. The van der Waals surface area contributed by atoms with Crippen molar-refractivity contribution >= 4 is 0 Å². The largest absolute Gasteiger partial charge is 0.451 e. The predicted octanol–water partition coefficient (Wildman–Crippen LogP) is 1.52. The molecular weight excluding hydrogens is 174 g/mol. The van der Waals surface area contributed by atoms with Crippen LogP contribution in [0, 0.1) is 24.2 Å². The molecule has 0 spiro atoms. The van der Waals surface area contributed by atoms with Gasteiger partial charge in [-0.3, -0.25) is 0 Å². The van der Waals surface area contributed by atoms with Gasteiger partial charge in [-0.2, -0.15) is 0 Å². The molecule has 1 heterocycles. The van der Waals surface area contributed by atoms with Crippen molar-refractivity contribution < 1.29 is 4.42 Å². The van der Waals surface area contributed by atoms with E-state index in [2.05, 4.69) is 23.1 Å². The van der Waals surface area contributed by atoms with Gasteiger partial charge in [0.15, 0.2) is 5.76 Å². The second-order valence-electron chi connectivity index (χ2n) is 3.32. The maximum Gasteiger partial charge on any atom is 0.178 e. The molecule has 0 aliphatic heterocycles. The smallest absolute Gasteiger partial charge is 0.178 e. The zero-order chi connectivity index (χ0) is 9.80. The Hall–Kier alpha value is -1.64. The third-order valence-electron chi connectivity index (χ3n) is 2.06. The molecule has 1 aliphatic rings. The Balaban J connectivity index is 1.91. The van der Waals surface area contributed by atoms with Gasteiger partial charge in [0.1, 0.15) is 5.76 Å². The minimum Gasteiger partial charge on any atom is -0.451 e. The Kier molecular flexibility index (Phi) is 2.58. The van der Waals surface area contributed by atoms with E-state index >= 15 is 0 Å². The molecule has 14 heavy (non-hydrogen) atoms. The van der Waals surface area contributed by atoms with Crippen LogP contribution in [0.4, 0.5) is 0 Å². The molecule has 0 aromatic carbocycles. The van der Waals surface area contributed by atoms with Crippen LogP contribution in [0.1, 0.15) is 24.4 Å². The van der Waals surface area contributed by atoms with Crippen LogP contribution in [-0.4, -0.2) is 6.04 Å². The van der Waals surface area contributed by atoms with E-state index in [-0.39, 0.29) is 0 Å². The summed E-state index contributed by atoms with van der Waals surface area (Å²) in [6.07, 6.45) is 7.58. The number of terminal acetylenes is 1. The van der Waals surface area contributed by atoms with E-state index in [9.17, 15) is 0 Å². The number of furan rings is 1. The summed E-state index contributed by atoms with van der Waals surface area (Å²) in [4.78, 5) is 0. The number of hydrogen-bond donors (Lipinski definition) is 1. The Bertz CT molecular complexity index is 410. The van der Waals surface area contributed by atoms with Gasteiger partial charge in [0.25, 0.3) is 0 Å². The summed E-state index contributed by atoms with van der Waals surface area (Å²) in [5.41, 5.74) is 0. The van der Waals surface area contributed by atoms with Gasteiger partial charge < -0.3 is 9.73 Å². The van der Waals surface area contributed by atoms with E-state index in [1.807, 2.05) is 12.1 Å². The van der Waals surface area contributed by atoms with Gasteiger partial charge in [-0.1, -0.05) is 0 Å². The van der Waals surface area contributed by atoms with Crippen LogP contribution in [-0.2, 0) is 6.54 Å². The van der Waals surface area contributed by atoms with Gasteiger partial charge in [-0.25, -0.2) is 0 Å². The summed E-state index contributed by atoms with van der Waals surface area (Å²) in [6.45, 7) is 0.780. The number of nitrogens with one attached hydrogen (secondary N) is 1. The van der Waals surface area contributed by atoms with Crippen molar-refractivity contribution in [2.24, 2.45) is 0 Å². The Morgan fingerprint density at radius 2 is 2.36 bits per heavy atom. The van der Waals surface area contributed by atoms with Crippen LogP contribution >= 0.6 is 0 Å². The first kappa shape index (κ1) is 8.94. The molecule has 0 amide bonds. The summed E-state index contributed by atoms with van der Waals surface area (Å²) in [7, 11) is 0. The highest BCUT2D eigenvalue weighted by atomic mass is 16.3. The van der Waals surface area contributed by atoms with E-state index < -0.39 is 0 Å². The Labute approximate surface area is 83.7 Å². The molecule has 1 saturated carbocycles. The molecule has 0 radical (unpaired) electrons. The lowest BCUT2D eigenvalue weighted by molar-refractivity contribution is 0.474. The fourth-order valence-corrected chi connectivity index (χ4v) is 1.17. The lowest BCUT2D eigenvalue weighted by Crippen LogP contribution is -2.14. The minimum absolute atomic E-state index is 0.635. The predicted molar refractivity (Wildman–Crippen MR) is 54.3 cm³/mol. The van der Waals surface area contributed by atoms with E-state index in [0.29, 0.717) is 11.8 Å². The topological polar surface area (TPSA) is 25.2 Å². The van der Waals surface area contributed by atoms with Crippen LogP contribution in [0.15, 0.2) is 16.5 Å². The highest BCUT2D eigenvalue weighted by Crippen LogP contribution is 2.19. The lowest BCUT2D eigenvalue weighted by atomic mass is 10.4. The van der Waals surface area contributed by atoms with Crippen molar-refractivity contribution in [2.45, 2.75) is 25.4 Å². The summed E-state index contributed by atoms with van der Waals surface area (Å²) in [5.74, 6) is 9.05. The minimum atomic E-state index is 0.635. The van der Waals surface area contributed by atoms with Gasteiger partial charge in [0, 0.05) is 6.04 Å². The zero-order valence-electron chi connectivity index (χ0n) is 7.84. The molecule has 0 bridgehead atoms. The van der Waals surface area contributed by atoms with Gasteiger partial charge in [-0.05, 0) is 42.7 Å². The summed E-state index contributed by atoms with van der Waals surface area (Å²) in [5, 5.41) is 3.36. The summed E-state index contributed by atoms with van der Waals surface area (Å²) in [6, 6.07) is 4.46. The van der Waals surface area contributed by atoms with E-state index in [4.69, 9.17) is 10.8 Å². The molecule has 1 aromatic heterocycles. The van der Waals surface area contributed by atoms with Gasteiger partial charge >= 0.3 is 0 Å². The molecule has 1 fully saturated rings. The third kappa shape index (κ3) is 2.42. The van der Waals surface area contributed by atoms with Crippen LogP contribution < -0.4 is 5.32 Å². The molecule has 0 atom stereocenters. The maximum absolute atomic E-state index is 5.43. The first-order valence-corrected chi connectivity index (χ1v) is 4.67. The number of hydrogen-bond acceptors (Lipinski definition) is 2. The first-order chi connectivity index (χ1) is 6.88. The van der Waals surface area contributed by atoms with Crippen molar-refractivity contribution in [1.82, 2.24) is 5.32 Å². The normalized spacial score (nSPS) is 14.2. The third-order valence-corrected chi connectivity index (χ3v) is 2.06. The Morgan fingerprint density at radius 3 is 3.07 bits per heavy atom. The van der Waals surface area contributed by atoms with Crippen LogP contribution in [0.3, 0.4) is 0 Å². The van der Waals surface area contributed by atoms with E-state index in [1.165, 1.54) is 12.8 Å². The second-order valence-corrected chi connectivity index (χ2v) is 3.32. The van der Waals surface area contributed by atoms with Crippen molar-refractivity contribution in [3.05, 3.63) is 23.7 Å². The van der Waals surface area contributed by atoms with E-state index in [0.717, 1.165) is 12.3 Å². The van der Waals surface area contributed by atoms with Gasteiger partial charge in [0.2, 0.25) is 0 Å².